The van der Waals surface area contributed by atoms with Gasteiger partial charge in [-0.1, -0.05) is 47.5 Å². The highest BCUT2D eigenvalue weighted by Gasteiger charge is 2.28. The fourth-order valence-corrected chi connectivity index (χ4v) is 3.43. The fourth-order valence-electron chi connectivity index (χ4n) is 2.61. The van der Waals surface area contributed by atoms with Gasteiger partial charge in [-0.25, -0.2) is 5.84 Å². The molecule has 1 unspecified atom stereocenters. The molecule has 2 rings (SSSR count). The summed E-state index contributed by atoms with van der Waals surface area (Å²) in [6, 6.07) is 1.57. The minimum Gasteiger partial charge on any atom is -0.488 e. The molecule has 24 heavy (non-hydrogen) atoms. The normalized spacial score (nSPS) is 16.7. The minimum atomic E-state index is -0.222. The number of hydrogen-bond acceptors (Lipinski definition) is 4. The van der Waals surface area contributed by atoms with Crippen LogP contribution in [0.2, 0.25) is 15.1 Å². The molecule has 0 spiro atoms. The van der Waals surface area contributed by atoms with E-state index in [2.05, 4.69) is 17.0 Å². The van der Waals surface area contributed by atoms with E-state index in [0.717, 1.165) is 11.3 Å². The van der Waals surface area contributed by atoms with Gasteiger partial charge in [0.05, 0.1) is 15.1 Å². The van der Waals surface area contributed by atoms with Gasteiger partial charge in [0.2, 0.25) is 5.91 Å². The van der Waals surface area contributed by atoms with Crippen LogP contribution in [-0.2, 0) is 4.79 Å². The predicted octanol–water partition coefficient (Wildman–Crippen LogP) is 3.91. The Bertz CT molecular complexity index is 677. The molecule has 0 aromatic heterocycles. The molecule has 1 amide bonds. The Labute approximate surface area is 155 Å². The van der Waals surface area contributed by atoms with Crippen molar-refractivity contribution >= 4 is 46.4 Å². The number of benzene rings is 1. The summed E-state index contributed by atoms with van der Waals surface area (Å²) in [4.78, 5) is 15.8. The van der Waals surface area contributed by atoms with Crippen LogP contribution in [0.1, 0.15) is 30.7 Å². The second-order valence-electron chi connectivity index (χ2n) is 5.37. The second-order valence-corrected chi connectivity index (χ2v) is 6.56. The van der Waals surface area contributed by atoms with Gasteiger partial charge in [-0.3, -0.25) is 15.2 Å². The summed E-state index contributed by atoms with van der Waals surface area (Å²) in [6.45, 7) is 4.49. The molecule has 5 nitrogen and oxygen atoms in total. The van der Waals surface area contributed by atoms with E-state index in [4.69, 9.17) is 45.4 Å². The van der Waals surface area contributed by atoms with Crippen LogP contribution in [0.15, 0.2) is 23.7 Å². The molecule has 1 aromatic rings. The number of nitrogens with two attached hydrogens (primary N) is 1. The molecule has 0 saturated carbocycles. The maximum Gasteiger partial charge on any atom is 0.234 e. The lowest BCUT2D eigenvalue weighted by atomic mass is 9.94. The van der Waals surface area contributed by atoms with Crippen molar-refractivity contribution in [2.24, 2.45) is 10.8 Å². The van der Waals surface area contributed by atoms with Crippen molar-refractivity contribution in [2.45, 2.75) is 25.2 Å². The van der Waals surface area contributed by atoms with E-state index in [1.54, 1.807) is 12.1 Å². The highest BCUT2D eigenvalue weighted by molar-refractivity contribution is 6.44. The topological polar surface area (TPSA) is 76.7 Å². The summed E-state index contributed by atoms with van der Waals surface area (Å²) in [5, 5.41) is 1.19. The zero-order chi connectivity index (χ0) is 17.7. The monoisotopic (exact) mass is 389 g/mol. The zero-order valence-corrected chi connectivity index (χ0v) is 15.2. The van der Waals surface area contributed by atoms with Crippen molar-refractivity contribution in [2.75, 3.05) is 13.2 Å². The highest BCUT2D eigenvalue weighted by atomic mass is 35.5. The lowest BCUT2D eigenvalue weighted by Crippen LogP contribution is -2.30. The predicted molar refractivity (Wildman–Crippen MR) is 98.4 cm³/mol. The quantitative estimate of drug-likeness (QED) is 0.244. The zero-order valence-electron chi connectivity index (χ0n) is 12.9. The first-order valence-corrected chi connectivity index (χ1v) is 8.54. The van der Waals surface area contributed by atoms with Crippen molar-refractivity contribution in [3.63, 3.8) is 0 Å². The summed E-state index contributed by atoms with van der Waals surface area (Å²) >= 11 is 18.8. The summed E-state index contributed by atoms with van der Waals surface area (Å²) in [7, 11) is 0. The van der Waals surface area contributed by atoms with Gasteiger partial charge in [0, 0.05) is 30.2 Å². The number of carbonyl (C=O) groups is 1. The number of hydrazine groups is 1. The van der Waals surface area contributed by atoms with Gasteiger partial charge in [0.15, 0.2) is 0 Å². The molecule has 0 saturated heterocycles. The molecular weight excluding hydrogens is 373 g/mol. The van der Waals surface area contributed by atoms with Crippen LogP contribution in [-0.4, -0.2) is 24.8 Å². The van der Waals surface area contributed by atoms with E-state index in [1.807, 2.05) is 0 Å². The molecule has 1 aliphatic heterocycles. The first-order valence-electron chi connectivity index (χ1n) is 7.40. The molecule has 0 bridgehead atoms. The molecule has 0 aliphatic carbocycles. The number of amides is 1. The Hall–Kier alpha value is -1.27. The lowest BCUT2D eigenvalue weighted by molar-refractivity contribution is -0.121. The van der Waals surface area contributed by atoms with Gasteiger partial charge >= 0.3 is 0 Å². The van der Waals surface area contributed by atoms with Crippen molar-refractivity contribution in [3.8, 4) is 5.75 Å². The van der Waals surface area contributed by atoms with Crippen molar-refractivity contribution in [3.05, 3.63) is 39.4 Å². The number of carbonyl (C=O) groups excluding carboxylic acids is 1. The van der Waals surface area contributed by atoms with Crippen LogP contribution in [0.3, 0.4) is 0 Å². The lowest BCUT2D eigenvalue weighted by Gasteiger charge is -2.19. The van der Waals surface area contributed by atoms with Gasteiger partial charge in [-0.15, -0.1) is 0 Å². The Morgan fingerprint density at radius 3 is 2.88 bits per heavy atom. The molecule has 1 heterocycles. The third-order valence-corrected chi connectivity index (χ3v) is 4.82. The van der Waals surface area contributed by atoms with E-state index in [0.29, 0.717) is 53.2 Å². The first kappa shape index (κ1) is 19.1. The summed E-state index contributed by atoms with van der Waals surface area (Å²) < 4.78 is 5.69. The molecule has 3 N–H and O–H groups in total. The van der Waals surface area contributed by atoms with Gasteiger partial charge in [-0.2, -0.15) is 0 Å². The smallest absolute Gasteiger partial charge is 0.234 e. The molecule has 8 heteroatoms. The third-order valence-electron chi connectivity index (χ3n) is 3.73. The van der Waals surface area contributed by atoms with Crippen LogP contribution >= 0.6 is 34.8 Å². The Morgan fingerprint density at radius 1 is 1.46 bits per heavy atom. The Kier molecular flexibility index (Phi) is 6.92. The molecule has 1 atom stereocenters. The van der Waals surface area contributed by atoms with Crippen molar-refractivity contribution < 1.29 is 9.53 Å². The number of nitrogens with one attached hydrogen (secondary N) is 1. The average molecular weight is 391 g/mol. The summed E-state index contributed by atoms with van der Waals surface area (Å²) in [5.74, 6) is 5.37. The van der Waals surface area contributed by atoms with E-state index < -0.39 is 0 Å². The first-order chi connectivity index (χ1) is 11.5. The molecule has 130 valence electrons. The summed E-state index contributed by atoms with van der Waals surface area (Å²) in [5.41, 5.74) is 3.79. The van der Waals surface area contributed by atoms with Crippen LogP contribution in [0.25, 0.3) is 0 Å². The van der Waals surface area contributed by atoms with E-state index in [1.165, 1.54) is 0 Å². The van der Waals surface area contributed by atoms with Crippen LogP contribution in [0.5, 0.6) is 5.75 Å². The van der Waals surface area contributed by atoms with Crippen LogP contribution in [0.4, 0.5) is 0 Å². The standard InChI is InChI=1S/C16H18Cl3N3O2/c1-2-5-24-16-12(18)7-11(17)15(19)14(16)9-6-10(21-8-9)3-4-13(23)22-20/h2,7,9H,1,3-6,8,20H2,(H,22,23). The molecule has 0 radical (unpaired) electrons. The highest BCUT2D eigenvalue weighted by Crippen LogP contribution is 2.45. The summed E-state index contributed by atoms with van der Waals surface area (Å²) in [6.07, 6.45) is 3.14. The minimum absolute atomic E-state index is 0.00412. The van der Waals surface area contributed by atoms with E-state index >= 15 is 0 Å². The maximum atomic E-state index is 11.3. The van der Waals surface area contributed by atoms with Crippen LogP contribution in [0, 0.1) is 0 Å². The Morgan fingerprint density at radius 2 is 2.21 bits per heavy atom. The van der Waals surface area contributed by atoms with Gasteiger partial charge in [-0.05, 0) is 18.9 Å². The van der Waals surface area contributed by atoms with Crippen LogP contribution < -0.4 is 16.0 Å². The average Bonchev–Trinajstić information content (AvgIpc) is 3.03. The molecule has 0 fully saturated rings. The van der Waals surface area contributed by atoms with Gasteiger partial charge in [0.25, 0.3) is 0 Å². The molecule has 1 aromatic carbocycles. The number of hydrogen-bond donors (Lipinski definition) is 2. The fraction of sp³-hybridized carbons (Fsp3) is 0.375. The molecular formula is C16H18Cl3N3O2. The number of nitrogens with zero attached hydrogens (tertiary/aromatic N) is 1. The third kappa shape index (κ3) is 4.42. The van der Waals surface area contributed by atoms with Crippen molar-refractivity contribution in [1.82, 2.24) is 5.43 Å². The maximum absolute atomic E-state index is 11.3. The number of ether oxygens (including phenoxy) is 1. The Balaban J connectivity index is 2.20. The van der Waals surface area contributed by atoms with Gasteiger partial charge in [0.1, 0.15) is 12.4 Å². The second kappa shape index (κ2) is 8.72. The number of halogens is 3. The van der Waals surface area contributed by atoms with Crippen molar-refractivity contribution in [1.29, 1.82) is 0 Å². The van der Waals surface area contributed by atoms with Gasteiger partial charge < -0.3 is 4.74 Å². The SMILES string of the molecule is C=CCOc1c(Cl)cc(Cl)c(Cl)c1C1CN=C(CCC(=O)NN)C1. The van der Waals surface area contributed by atoms with E-state index in [9.17, 15) is 4.79 Å². The molecule has 1 aliphatic rings. The number of aliphatic imine (C=N–C) groups is 1. The number of rotatable bonds is 7. The van der Waals surface area contributed by atoms with E-state index in [-0.39, 0.29) is 11.8 Å². The largest absolute Gasteiger partial charge is 0.488 e.